The summed E-state index contributed by atoms with van der Waals surface area (Å²) in [4.78, 5) is 40.7. The zero-order valence-corrected chi connectivity index (χ0v) is 15.5. The van der Waals surface area contributed by atoms with Crippen LogP contribution in [0.4, 0.5) is 0 Å². The number of nitrogens with two attached hydrogens (primary N) is 1. The number of nitrogens with zero attached hydrogens (tertiary/aromatic N) is 2. The minimum atomic E-state index is -0.352. The summed E-state index contributed by atoms with van der Waals surface area (Å²) >= 11 is 0. The molecule has 27 heavy (non-hydrogen) atoms. The number of hydrogen-bond donors (Lipinski definition) is 1. The van der Waals surface area contributed by atoms with Gasteiger partial charge < -0.3 is 10.6 Å². The molecule has 6 heteroatoms. The van der Waals surface area contributed by atoms with E-state index in [2.05, 4.69) is 0 Å². The predicted molar refractivity (Wildman–Crippen MR) is 103 cm³/mol. The van der Waals surface area contributed by atoms with Crippen LogP contribution in [0.15, 0.2) is 48.5 Å². The molecular weight excluding hydrogens is 342 g/mol. The molecule has 3 rings (SSSR count). The summed E-state index contributed by atoms with van der Waals surface area (Å²) in [5.74, 6) is -0.887. The topological polar surface area (TPSA) is 83.7 Å². The van der Waals surface area contributed by atoms with Crippen LogP contribution >= 0.6 is 0 Å². The first-order valence-electron chi connectivity index (χ1n) is 8.95. The van der Waals surface area contributed by atoms with E-state index >= 15 is 0 Å². The number of imide groups is 1. The predicted octanol–water partition coefficient (Wildman–Crippen LogP) is 1.94. The van der Waals surface area contributed by atoms with E-state index in [-0.39, 0.29) is 29.3 Å². The average molecular weight is 365 g/mol. The number of likely N-dealkylation sites (N-methyl/N-ethyl adjacent to an activating group) is 1. The van der Waals surface area contributed by atoms with Crippen LogP contribution in [0, 0.1) is 0 Å². The maximum Gasteiger partial charge on any atom is 0.261 e. The summed E-state index contributed by atoms with van der Waals surface area (Å²) in [7, 11) is 1.67. The van der Waals surface area contributed by atoms with E-state index in [4.69, 9.17) is 5.73 Å². The molecule has 0 radical (unpaired) electrons. The minimum Gasteiger partial charge on any atom is -0.338 e. The molecule has 1 aliphatic rings. The first-order chi connectivity index (χ1) is 12.9. The highest BCUT2D eigenvalue weighted by atomic mass is 16.2. The Hall–Kier alpha value is -2.99. The molecule has 0 saturated carbocycles. The summed E-state index contributed by atoms with van der Waals surface area (Å²) in [5, 5.41) is 0. The third-order valence-electron chi connectivity index (χ3n) is 5.01. The number of carbonyl (C=O) groups excluding carboxylic acids is 3. The maximum atomic E-state index is 12.7. The van der Waals surface area contributed by atoms with Crippen molar-refractivity contribution in [1.82, 2.24) is 9.80 Å². The van der Waals surface area contributed by atoms with E-state index in [1.807, 2.05) is 37.3 Å². The lowest BCUT2D eigenvalue weighted by molar-refractivity contribution is 0.0655. The lowest BCUT2D eigenvalue weighted by atomic mass is 10.0. The first kappa shape index (κ1) is 18.8. The summed E-state index contributed by atoms with van der Waals surface area (Å²) in [6.45, 7) is 2.51. The van der Waals surface area contributed by atoms with Gasteiger partial charge in [0.05, 0.1) is 11.1 Å². The van der Waals surface area contributed by atoms with E-state index in [1.54, 1.807) is 19.2 Å². The van der Waals surface area contributed by atoms with Crippen LogP contribution in [0.2, 0.25) is 0 Å². The SMILES string of the molecule is CC(CN)N(C)C(=O)c1ccc2c(c1)C(=O)N(CCc1ccccc1)C2=O. The Labute approximate surface area is 158 Å². The van der Waals surface area contributed by atoms with Crippen LogP contribution in [0.25, 0.3) is 0 Å². The van der Waals surface area contributed by atoms with Crippen molar-refractivity contribution < 1.29 is 14.4 Å². The molecule has 0 bridgehead atoms. The molecule has 2 N–H and O–H groups in total. The van der Waals surface area contributed by atoms with E-state index in [0.717, 1.165) is 5.56 Å². The first-order valence-corrected chi connectivity index (χ1v) is 8.95. The van der Waals surface area contributed by atoms with Gasteiger partial charge in [0.25, 0.3) is 17.7 Å². The fourth-order valence-electron chi connectivity index (χ4n) is 3.07. The number of amides is 3. The van der Waals surface area contributed by atoms with Gasteiger partial charge in [-0.25, -0.2) is 0 Å². The summed E-state index contributed by atoms with van der Waals surface area (Å²) in [6.07, 6.45) is 0.592. The number of benzene rings is 2. The second-order valence-corrected chi connectivity index (χ2v) is 6.76. The zero-order valence-electron chi connectivity index (χ0n) is 15.5. The number of hydrogen-bond acceptors (Lipinski definition) is 4. The second kappa shape index (κ2) is 7.72. The van der Waals surface area contributed by atoms with Crippen molar-refractivity contribution in [3.05, 3.63) is 70.8 Å². The van der Waals surface area contributed by atoms with Crippen molar-refractivity contribution in [3.8, 4) is 0 Å². The Morgan fingerprint density at radius 2 is 1.74 bits per heavy atom. The van der Waals surface area contributed by atoms with Crippen LogP contribution in [0.5, 0.6) is 0 Å². The van der Waals surface area contributed by atoms with Gasteiger partial charge >= 0.3 is 0 Å². The van der Waals surface area contributed by atoms with Gasteiger partial charge in [-0.1, -0.05) is 30.3 Å². The Kier molecular flexibility index (Phi) is 5.37. The Bertz CT molecular complexity index is 879. The fourth-order valence-corrected chi connectivity index (χ4v) is 3.07. The van der Waals surface area contributed by atoms with Crippen molar-refractivity contribution in [1.29, 1.82) is 0 Å². The lowest BCUT2D eigenvalue weighted by Crippen LogP contribution is -2.39. The molecule has 6 nitrogen and oxygen atoms in total. The Balaban J connectivity index is 1.79. The van der Waals surface area contributed by atoms with E-state index in [9.17, 15) is 14.4 Å². The van der Waals surface area contributed by atoms with Crippen LogP contribution in [-0.2, 0) is 6.42 Å². The van der Waals surface area contributed by atoms with Crippen molar-refractivity contribution in [2.75, 3.05) is 20.1 Å². The third kappa shape index (κ3) is 3.61. The van der Waals surface area contributed by atoms with Crippen molar-refractivity contribution in [2.24, 2.45) is 5.73 Å². The largest absolute Gasteiger partial charge is 0.338 e. The van der Waals surface area contributed by atoms with Crippen LogP contribution in [0.1, 0.15) is 43.6 Å². The van der Waals surface area contributed by atoms with Gasteiger partial charge in [0.15, 0.2) is 0 Å². The van der Waals surface area contributed by atoms with Gasteiger partial charge in [0.2, 0.25) is 0 Å². The van der Waals surface area contributed by atoms with Gasteiger partial charge in [-0.05, 0) is 37.1 Å². The maximum absolute atomic E-state index is 12.7. The molecule has 1 aliphatic heterocycles. The molecule has 140 valence electrons. The summed E-state index contributed by atoms with van der Waals surface area (Å²) in [6, 6.07) is 14.2. The molecular formula is C21H23N3O3. The number of fused-ring (bicyclic) bond motifs is 1. The highest BCUT2D eigenvalue weighted by Crippen LogP contribution is 2.25. The zero-order chi connectivity index (χ0) is 19.6. The van der Waals surface area contributed by atoms with Crippen molar-refractivity contribution in [2.45, 2.75) is 19.4 Å². The van der Waals surface area contributed by atoms with Gasteiger partial charge in [-0.3, -0.25) is 19.3 Å². The highest BCUT2D eigenvalue weighted by molar-refractivity contribution is 6.22. The third-order valence-corrected chi connectivity index (χ3v) is 5.01. The second-order valence-electron chi connectivity index (χ2n) is 6.76. The van der Waals surface area contributed by atoms with E-state index < -0.39 is 0 Å². The molecule has 0 aliphatic carbocycles. The molecule has 1 atom stereocenters. The van der Waals surface area contributed by atoms with Crippen LogP contribution < -0.4 is 5.73 Å². The standard InChI is InChI=1S/C21H23N3O3/c1-14(13-22)23(2)19(25)16-8-9-17-18(12-16)21(27)24(20(17)26)11-10-15-6-4-3-5-7-15/h3-9,12,14H,10-11,13,22H2,1-2H3. The summed E-state index contributed by atoms with van der Waals surface area (Å²) in [5.41, 5.74) is 7.69. The molecule has 0 saturated heterocycles. The normalized spacial score (nSPS) is 14.3. The molecule has 1 heterocycles. The van der Waals surface area contributed by atoms with Gasteiger partial charge in [-0.2, -0.15) is 0 Å². The average Bonchev–Trinajstić information content (AvgIpc) is 2.95. The lowest BCUT2D eigenvalue weighted by Gasteiger charge is -2.23. The number of rotatable bonds is 6. The molecule has 2 aromatic carbocycles. The Morgan fingerprint density at radius 1 is 1.07 bits per heavy atom. The van der Waals surface area contributed by atoms with Crippen molar-refractivity contribution in [3.63, 3.8) is 0 Å². The highest BCUT2D eigenvalue weighted by Gasteiger charge is 2.36. The van der Waals surface area contributed by atoms with Crippen molar-refractivity contribution >= 4 is 17.7 Å². The van der Waals surface area contributed by atoms with E-state index in [0.29, 0.717) is 30.6 Å². The van der Waals surface area contributed by atoms with Crippen LogP contribution in [-0.4, -0.2) is 53.7 Å². The monoisotopic (exact) mass is 365 g/mol. The fraction of sp³-hybridized carbons (Fsp3) is 0.286. The quantitative estimate of drug-likeness (QED) is 0.793. The van der Waals surface area contributed by atoms with Crippen LogP contribution in [0.3, 0.4) is 0 Å². The number of carbonyl (C=O) groups is 3. The molecule has 1 unspecified atom stereocenters. The molecule has 0 aromatic heterocycles. The molecule has 2 aromatic rings. The van der Waals surface area contributed by atoms with E-state index in [1.165, 1.54) is 15.9 Å². The Morgan fingerprint density at radius 3 is 2.41 bits per heavy atom. The van der Waals surface area contributed by atoms with Gasteiger partial charge in [0.1, 0.15) is 0 Å². The summed E-state index contributed by atoms with van der Waals surface area (Å²) < 4.78 is 0. The van der Waals surface area contributed by atoms with Gasteiger partial charge in [-0.15, -0.1) is 0 Å². The molecule has 3 amide bonds. The molecule has 0 fully saturated rings. The minimum absolute atomic E-state index is 0.120. The van der Waals surface area contributed by atoms with Gasteiger partial charge in [0, 0.05) is 31.7 Å². The molecule has 0 spiro atoms. The smallest absolute Gasteiger partial charge is 0.261 e.